The number of nitrogens with zero attached hydrogens (tertiary/aromatic N) is 1. The van der Waals surface area contributed by atoms with E-state index in [4.69, 9.17) is 0 Å². The minimum atomic E-state index is -0.0381. The summed E-state index contributed by atoms with van der Waals surface area (Å²) in [6.45, 7) is 6.18. The third kappa shape index (κ3) is 2.03. The molecule has 1 heterocycles. The lowest BCUT2D eigenvalue weighted by Gasteiger charge is -2.12. The lowest BCUT2D eigenvalue weighted by molar-refractivity contribution is -0.123. The Balaban J connectivity index is 1.90. The van der Waals surface area contributed by atoms with Crippen molar-refractivity contribution in [2.75, 3.05) is 0 Å². The first kappa shape index (κ1) is 10.2. The fourth-order valence-electron chi connectivity index (χ4n) is 1.81. The van der Waals surface area contributed by atoms with Crippen LogP contribution >= 0.6 is 0 Å². The number of aromatic amines is 1. The number of aromatic nitrogens is 2. The SMILES string of the molecule is CC(NC(=O)C1CC1(C)C)c1ncc[nH]1. The molecule has 1 saturated carbocycles. The summed E-state index contributed by atoms with van der Waals surface area (Å²) in [5, 5.41) is 2.97. The molecule has 2 atom stereocenters. The highest BCUT2D eigenvalue weighted by Gasteiger charge is 2.50. The molecule has 1 aliphatic rings. The van der Waals surface area contributed by atoms with Crippen molar-refractivity contribution in [3.63, 3.8) is 0 Å². The summed E-state index contributed by atoms with van der Waals surface area (Å²) in [7, 11) is 0. The summed E-state index contributed by atoms with van der Waals surface area (Å²) in [6.07, 6.45) is 4.45. The maximum absolute atomic E-state index is 11.8. The van der Waals surface area contributed by atoms with Gasteiger partial charge in [0.25, 0.3) is 0 Å². The minimum Gasteiger partial charge on any atom is -0.347 e. The molecule has 0 saturated heterocycles. The van der Waals surface area contributed by atoms with Crippen LogP contribution in [0.4, 0.5) is 0 Å². The van der Waals surface area contributed by atoms with E-state index in [0.29, 0.717) is 0 Å². The summed E-state index contributed by atoms with van der Waals surface area (Å²) >= 11 is 0. The average molecular weight is 207 g/mol. The van der Waals surface area contributed by atoms with Crippen molar-refractivity contribution in [1.29, 1.82) is 0 Å². The van der Waals surface area contributed by atoms with E-state index in [2.05, 4.69) is 29.1 Å². The summed E-state index contributed by atoms with van der Waals surface area (Å²) in [5.74, 6) is 1.13. The number of rotatable bonds is 3. The van der Waals surface area contributed by atoms with Crippen molar-refractivity contribution in [2.24, 2.45) is 11.3 Å². The highest BCUT2D eigenvalue weighted by molar-refractivity contribution is 5.82. The second-order valence-electron chi connectivity index (χ2n) is 4.95. The van der Waals surface area contributed by atoms with Crippen LogP contribution in [0.25, 0.3) is 0 Å². The quantitative estimate of drug-likeness (QED) is 0.791. The van der Waals surface area contributed by atoms with Gasteiger partial charge in [-0.25, -0.2) is 4.98 Å². The Kier molecular flexibility index (Phi) is 2.29. The Morgan fingerprint density at radius 1 is 1.73 bits per heavy atom. The van der Waals surface area contributed by atoms with E-state index < -0.39 is 0 Å². The van der Waals surface area contributed by atoms with Gasteiger partial charge in [-0.2, -0.15) is 0 Å². The first-order valence-corrected chi connectivity index (χ1v) is 5.30. The molecule has 1 aromatic heterocycles. The van der Waals surface area contributed by atoms with Crippen LogP contribution in [0, 0.1) is 11.3 Å². The molecule has 15 heavy (non-hydrogen) atoms. The van der Waals surface area contributed by atoms with Crippen LogP contribution in [0.5, 0.6) is 0 Å². The number of carbonyl (C=O) groups is 1. The van der Waals surface area contributed by atoms with Crippen LogP contribution in [0.2, 0.25) is 0 Å². The molecule has 1 amide bonds. The van der Waals surface area contributed by atoms with Crippen molar-refractivity contribution in [1.82, 2.24) is 15.3 Å². The van der Waals surface area contributed by atoms with Crippen molar-refractivity contribution in [2.45, 2.75) is 33.2 Å². The number of amides is 1. The van der Waals surface area contributed by atoms with E-state index in [1.54, 1.807) is 12.4 Å². The van der Waals surface area contributed by atoms with Crippen LogP contribution < -0.4 is 5.32 Å². The minimum absolute atomic E-state index is 0.0381. The Labute approximate surface area is 89.5 Å². The molecule has 0 radical (unpaired) electrons. The third-order valence-corrected chi connectivity index (χ3v) is 3.12. The van der Waals surface area contributed by atoms with Gasteiger partial charge in [-0.05, 0) is 18.8 Å². The molecule has 2 N–H and O–H groups in total. The van der Waals surface area contributed by atoms with E-state index in [-0.39, 0.29) is 23.3 Å². The molecule has 1 fully saturated rings. The van der Waals surface area contributed by atoms with Crippen LogP contribution in [-0.4, -0.2) is 15.9 Å². The van der Waals surface area contributed by atoms with Gasteiger partial charge in [-0.1, -0.05) is 13.8 Å². The summed E-state index contributed by atoms with van der Waals surface area (Å²) in [4.78, 5) is 18.9. The average Bonchev–Trinajstić information content (AvgIpc) is 2.66. The van der Waals surface area contributed by atoms with Gasteiger partial charge >= 0.3 is 0 Å². The highest BCUT2D eigenvalue weighted by atomic mass is 16.2. The van der Waals surface area contributed by atoms with Crippen molar-refractivity contribution in [3.05, 3.63) is 18.2 Å². The fourth-order valence-corrected chi connectivity index (χ4v) is 1.81. The third-order valence-electron chi connectivity index (χ3n) is 3.12. The number of carbonyl (C=O) groups excluding carboxylic acids is 1. The number of imidazole rings is 1. The number of H-pyrrole nitrogens is 1. The van der Waals surface area contributed by atoms with Gasteiger partial charge in [-0.15, -0.1) is 0 Å². The van der Waals surface area contributed by atoms with Crippen molar-refractivity contribution < 1.29 is 4.79 Å². The second kappa shape index (κ2) is 3.36. The first-order chi connectivity index (χ1) is 7.00. The Bertz CT molecular complexity index is 356. The number of hydrogen-bond acceptors (Lipinski definition) is 2. The van der Waals surface area contributed by atoms with Gasteiger partial charge < -0.3 is 10.3 Å². The molecule has 1 aromatic rings. The van der Waals surface area contributed by atoms with Crippen LogP contribution in [0.1, 0.15) is 39.1 Å². The molecular formula is C11H17N3O. The van der Waals surface area contributed by atoms with Gasteiger partial charge in [0.05, 0.1) is 6.04 Å². The Hall–Kier alpha value is -1.32. The Morgan fingerprint density at radius 3 is 2.87 bits per heavy atom. The van der Waals surface area contributed by atoms with Gasteiger partial charge in [0.15, 0.2) is 0 Å². The summed E-state index contributed by atoms with van der Waals surface area (Å²) in [6, 6.07) is -0.0381. The molecule has 2 rings (SSSR count). The van der Waals surface area contributed by atoms with Crippen molar-refractivity contribution >= 4 is 5.91 Å². The summed E-state index contributed by atoms with van der Waals surface area (Å²) < 4.78 is 0. The first-order valence-electron chi connectivity index (χ1n) is 5.30. The highest BCUT2D eigenvalue weighted by Crippen LogP contribution is 2.51. The standard InChI is InChI=1S/C11H17N3O/c1-7(9-12-4-5-13-9)14-10(15)8-6-11(8,2)3/h4-5,7-8H,6H2,1-3H3,(H,12,13)(H,14,15). The smallest absolute Gasteiger partial charge is 0.224 e. The molecule has 0 aliphatic heterocycles. The zero-order chi connectivity index (χ0) is 11.1. The van der Waals surface area contributed by atoms with Crippen LogP contribution in [-0.2, 0) is 4.79 Å². The van der Waals surface area contributed by atoms with Crippen LogP contribution in [0.3, 0.4) is 0 Å². The molecule has 2 unspecified atom stereocenters. The molecule has 4 heteroatoms. The molecular weight excluding hydrogens is 190 g/mol. The Morgan fingerprint density at radius 2 is 2.40 bits per heavy atom. The lowest BCUT2D eigenvalue weighted by Crippen LogP contribution is -2.29. The van der Waals surface area contributed by atoms with E-state index in [1.807, 2.05) is 6.92 Å². The number of hydrogen-bond donors (Lipinski definition) is 2. The molecule has 4 nitrogen and oxygen atoms in total. The van der Waals surface area contributed by atoms with E-state index >= 15 is 0 Å². The number of nitrogens with one attached hydrogen (secondary N) is 2. The molecule has 0 bridgehead atoms. The van der Waals surface area contributed by atoms with Gasteiger partial charge in [0, 0.05) is 18.3 Å². The largest absolute Gasteiger partial charge is 0.347 e. The van der Waals surface area contributed by atoms with Gasteiger partial charge in [0.1, 0.15) is 5.82 Å². The van der Waals surface area contributed by atoms with Gasteiger partial charge in [0.2, 0.25) is 5.91 Å². The van der Waals surface area contributed by atoms with E-state index in [0.717, 1.165) is 12.2 Å². The zero-order valence-electron chi connectivity index (χ0n) is 9.37. The van der Waals surface area contributed by atoms with E-state index in [9.17, 15) is 4.79 Å². The second-order valence-corrected chi connectivity index (χ2v) is 4.95. The molecule has 82 valence electrons. The molecule has 1 aliphatic carbocycles. The molecule has 0 aromatic carbocycles. The maximum atomic E-state index is 11.8. The fraction of sp³-hybridized carbons (Fsp3) is 0.636. The predicted octanol–water partition coefficient (Wildman–Crippen LogP) is 1.63. The molecule has 0 spiro atoms. The van der Waals surface area contributed by atoms with Crippen LogP contribution in [0.15, 0.2) is 12.4 Å². The normalized spacial score (nSPS) is 24.6. The predicted molar refractivity (Wildman–Crippen MR) is 57.0 cm³/mol. The zero-order valence-corrected chi connectivity index (χ0v) is 9.37. The lowest BCUT2D eigenvalue weighted by atomic mass is 10.1. The van der Waals surface area contributed by atoms with E-state index in [1.165, 1.54) is 0 Å². The maximum Gasteiger partial charge on any atom is 0.224 e. The monoisotopic (exact) mass is 207 g/mol. The topological polar surface area (TPSA) is 57.8 Å². The summed E-state index contributed by atoms with van der Waals surface area (Å²) in [5.41, 5.74) is 0.187. The van der Waals surface area contributed by atoms with Gasteiger partial charge in [-0.3, -0.25) is 4.79 Å². The van der Waals surface area contributed by atoms with Crippen molar-refractivity contribution in [3.8, 4) is 0 Å².